The number of rotatable bonds is 9. The van der Waals surface area contributed by atoms with Crippen LogP contribution in [0.2, 0.25) is 0 Å². The zero-order valence-corrected chi connectivity index (χ0v) is 11.0. The lowest BCUT2D eigenvalue weighted by Crippen LogP contribution is -2.14. The van der Waals surface area contributed by atoms with Crippen molar-refractivity contribution in [2.45, 2.75) is 32.7 Å². The summed E-state index contributed by atoms with van der Waals surface area (Å²) in [5.41, 5.74) is 0.666. The molecular formula is C13H21NO4. The molecule has 0 atom stereocenters. The third-order valence-electron chi connectivity index (χ3n) is 2.66. The lowest BCUT2D eigenvalue weighted by atomic mass is 10.2. The normalized spacial score (nSPS) is 10.8. The number of carbonyl (C=O) groups is 1. The number of unbranched alkanes of at least 4 members (excludes halogenated alkanes) is 2. The van der Waals surface area contributed by atoms with Crippen LogP contribution in [0, 0.1) is 6.92 Å². The smallest absolute Gasteiger partial charge is 0.372 e. The van der Waals surface area contributed by atoms with E-state index >= 15 is 0 Å². The van der Waals surface area contributed by atoms with E-state index in [-0.39, 0.29) is 5.76 Å². The number of ether oxygens (including phenoxy) is 1. The van der Waals surface area contributed by atoms with Gasteiger partial charge in [-0.2, -0.15) is 0 Å². The van der Waals surface area contributed by atoms with E-state index in [0.717, 1.165) is 32.4 Å². The van der Waals surface area contributed by atoms with Gasteiger partial charge in [0.1, 0.15) is 5.76 Å². The Hall–Kier alpha value is -1.33. The van der Waals surface area contributed by atoms with Crippen molar-refractivity contribution in [3.8, 4) is 0 Å². The second-order valence-corrected chi connectivity index (χ2v) is 4.26. The van der Waals surface area contributed by atoms with Crippen molar-refractivity contribution in [3.63, 3.8) is 0 Å². The Morgan fingerprint density at radius 1 is 1.44 bits per heavy atom. The molecule has 1 aromatic rings. The maximum absolute atomic E-state index is 10.8. The number of furan rings is 1. The SMILES string of the molecule is COCCCCCNCc1cc(C)c(C(=O)O)o1. The standard InChI is InChI=1S/C13H21NO4/c1-10-8-11(18-12(10)13(15)16)9-14-6-4-3-5-7-17-2/h8,14H,3-7,9H2,1-2H3,(H,15,16). The first-order valence-corrected chi connectivity index (χ1v) is 6.17. The van der Waals surface area contributed by atoms with Gasteiger partial charge in [0.15, 0.2) is 0 Å². The van der Waals surface area contributed by atoms with Gasteiger partial charge in [-0.15, -0.1) is 0 Å². The number of carboxylic acid groups (broad SMARTS) is 1. The summed E-state index contributed by atoms with van der Waals surface area (Å²) in [6.45, 7) is 4.00. The van der Waals surface area contributed by atoms with E-state index in [2.05, 4.69) is 5.32 Å². The van der Waals surface area contributed by atoms with Gasteiger partial charge < -0.3 is 19.6 Å². The van der Waals surface area contributed by atoms with Gasteiger partial charge in [-0.25, -0.2) is 4.79 Å². The van der Waals surface area contributed by atoms with Gasteiger partial charge in [-0.1, -0.05) is 0 Å². The molecule has 0 aromatic carbocycles. The molecule has 0 amide bonds. The Bertz CT molecular complexity index is 373. The van der Waals surface area contributed by atoms with Crippen molar-refractivity contribution in [2.24, 2.45) is 0 Å². The number of aromatic carboxylic acids is 1. The second kappa shape index (κ2) is 7.89. The minimum atomic E-state index is -1.02. The predicted molar refractivity (Wildman–Crippen MR) is 67.8 cm³/mol. The zero-order chi connectivity index (χ0) is 13.4. The third kappa shape index (κ3) is 4.89. The highest BCUT2D eigenvalue weighted by Crippen LogP contribution is 2.14. The summed E-state index contributed by atoms with van der Waals surface area (Å²) in [7, 11) is 1.71. The first-order valence-electron chi connectivity index (χ1n) is 6.17. The summed E-state index contributed by atoms with van der Waals surface area (Å²) in [6, 6.07) is 1.77. The van der Waals surface area contributed by atoms with E-state index < -0.39 is 5.97 Å². The molecule has 5 heteroatoms. The van der Waals surface area contributed by atoms with Gasteiger partial charge >= 0.3 is 5.97 Å². The fraction of sp³-hybridized carbons (Fsp3) is 0.615. The highest BCUT2D eigenvalue weighted by atomic mass is 16.5. The molecule has 0 spiro atoms. The first kappa shape index (κ1) is 14.7. The maximum atomic E-state index is 10.8. The van der Waals surface area contributed by atoms with Crippen LogP contribution in [0.4, 0.5) is 0 Å². The molecule has 18 heavy (non-hydrogen) atoms. The lowest BCUT2D eigenvalue weighted by molar-refractivity contribution is 0.0659. The summed E-state index contributed by atoms with van der Waals surface area (Å²) >= 11 is 0. The molecule has 0 saturated heterocycles. The van der Waals surface area contributed by atoms with E-state index in [1.165, 1.54) is 0 Å². The summed E-state index contributed by atoms with van der Waals surface area (Å²) in [4.78, 5) is 10.8. The number of hydrogen-bond donors (Lipinski definition) is 2. The minimum Gasteiger partial charge on any atom is -0.475 e. The van der Waals surface area contributed by atoms with E-state index in [9.17, 15) is 4.79 Å². The van der Waals surface area contributed by atoms with Crippen LogP contribution in [-0.4, -0.2) is 31.3 Å². The Labute approximate surface area is 107 Å². The van der Waals surface area contributed by atoms with Crippen LogP contribution in [0.5, 0.6) is 0 Å². The van der Waals surface area contributed by atoms with Gasteiger partial charge in [0.25, 0.3) is 0 Å². The maximum Gasteiger partial charge on any atom is 0.372 e. The molecule has 0 unspecified atom stereocenters. The van der Waals surface area contributed by atoms with Gasteiger partial charge in [-0.3, -0.25) is 0 Å². The van der Waals surface area contributed by atoms with Crippen LogP contribution in [-0.2, 0) is 11.3 Å². The molecule has 0 saturated carbocycles. The van der Waals surface area contributed by atoms with Crippen molar-refractivity contribution >= 4 is 5.97 Å². The highest BCUT2D eigenvalue weighted by molar-refractivity contribution is 5.86. The average molecular weight is 255 g/mol. The van der Waals surface area contributed by atoms with Crippen LogP contribution in [0.25, 0.3) is 0 Å². The van der Waals surface area contributed by atoms with E-state index in [0.29, 0.717) is 17.9 Å². The van der Waals surface area contributed by atoms with E-state index in [1.807, 2.05) is 0 Å². The molecule has 0 radical (unpaired) electrons. The molecule has 0 bridgehead atoms. The molecule has 0 aliphatic heterocycles. The largest absolute Gasteiger partial charge is 0.475 e. The number of carboxylic acids is 1. The van der Waals surface area contributed by atoms with Gasteiger partial charge in [0.05, 0.1) is 6.54 Å². The van der Waals surface area contributed by atoms with Crippen LogP contribution in [0.3, 0.4) is 0 Å². The van der Waals surface area contributed by atoms with Crippen LogP contribution < -0.4 is 5.32 Å². The molecule has 1 rings (SSSR count). The quantitative estimate of drug-likeness (QED) is 0.662. The van der Waals surface area contributed by atoms with Crippen molar-refractivity contribution in [1.29, 1.82) is 0 Å². The number of hydrogen-bond acceptors (Lipinski definition) is 4. The summed E-state index contributed by atoms with van der Waals surface area (Å²) in [6.07, 6.45) is 3.27. The Morgan fingerprint density at radius 3 is 2.83 bits per heavy atom. The fourth-order valence-electron chi connectivity index (χ4n) is 1.73. The minimum absolute atomic E-state index is 0.0342. The molecule has 1 aromatic heterocycles. The highest BCUT2D eigenvalue weighted by Gasteiger charge is 2.13. The lowest BCUT2D eigenvalue weighted by Gasteiger charge is -2.02. The van der Waals surface area contributed by atoms with Crippen LogP contribution in [0.15, 0.2) is 10.5 Å². The molecular weight excluding hydrogens is 234 g/mol. The fourth-order valence-corrected chi connectivity index (χ4v) is 1.73. The van der Waals surface area contributed by atoms with E-state index in [4.69, 9.17) is 14.3 Å². The summed E-state index contributed by atoms with van der Waals surface area (Å²) in [5.74, 6) is -0.313. The molecule has 0 fully saturated rings. The average Bonchev–Trinajstić information content (AvgIpc) is 2.69. The van der Waals surface area contributed by atoms with Crippen LogP contribution >= 0.6 is 0 Å². The predicted octanol–water partition coefficient (Wildman–Crippen LogP) is 2.19. The van der Waals surface area contributed by atoms with Gasteiger partial charge in [0, 0.05) is 19.3 Å². The summed E-state index contributed by atoms with van der Waals surface area (Å²) < 4.78 is 10.2. The topological polar surface area (TPSA) is 71.7 Å². The molecule has 0 aliphatic rings. The number of methoxy groups -OCH3 is 1. The van der Waals surface area contributed by atoms with Crippen molar-refractivity contribution < 1.29 is 19.1 Å². The number of aryl methyl sites for hydroxylation is 1. The Balaban J connectivity index is 2.19. The van der Waals surface area contributed by atoms with Crippen molar-refractivity contribution in [2.75, 3.05) is 20.3 Å². The monoisotopic (exact) mass is 255 g/mol. The third-order valence-corrected chi connectivity index (χ3v) is 2.66. The van der Waals surface area contributed by atoms with Gasteiger partial charge in [-0.05, 0) is 38.8 Å². The summed E-state index contributed by atoms with van der Waals surface area (Å²) in [5, 5.41) is 12.1. The molecule has 5 nitrogen and oxygen atoms in total. The van der Waals surface area contributed by atoms with Crippen molar-refractivity contribution in [1.82, 2.24) is 5.32 Å². The molecule has 0 aliphatic carbocycles. The zero-order valence-electron chi connectivity index (χ0n) is 11.0. The Morgan fingerprint density at radius 2 is 2.22 bits per heavy atom. The Kier molecular flexibility index (Phi) is 6.46. The molecule has 2 N–H and O–H groups in total. The second-order valence-electron chi connectivity index (χ2n) is 4.26. The van der Waals surface area contributed by atoms with E-state index in [1.54, 1.807) is 20.1 Å². The number of nitrogens with one attached hydrogen (secondary N) is 1. The first-order chi connectivity index (χ1) is 8.65. The molecule has 1 heterocycles. The van der Waals surface area contributed by atoms with Crippen LogP contribution in [0.1, 0.15) is 41.1 Å². The van der Waals surface area contributed by atoms with Crippen molar-refractivity contribution in [3.05, 3.63) is 23.2 Å². The molecule has 102 valence electrons. The van der Waals surface area contributed by atoms with Gasteiger partial charge in [0.2, 0.25) is 5.76 Å².